The predicted octanol–water partition coefficient (Wildman–Crippen LogP) is 17.8. The second kappa shape index (κ2) is 16.4. The van der Waals surface area contributed by atoms with Crippen LogP contribution in [0.5, 0.6) is 0 Å². The second-order valence-electron chi connectivity index (χ2n) is 19.8. The smallest absolute Gasteiger partial charge is 0.266 e. The quantitative estimate of drug-likeness (QED) is 0.0820. The number of halogens is 1. The Bertz CT molecular complexity index is 3850. The number of benzene rings is 7. The summed E-state index contributed by atoms with van der Waals surface area (Å²) in [4.78, 5) is 69.6. The highest BCUT2D eigenvalue weighted by atomic mass is 79.9. The van der Waals surface area contributed by atoms with Crippen molar-refractivity contribution in [2.24, 2.45) is 0 Å². The summed E-state index contributed by atoms with van der Waals surface area (Å²) >= 11 is 8.75. The van der Waals surface area contributed by atoms with Gasteiger partial charge in [0.1, 0.15) is 0 Å². The molecule has 2 aliphatic rings. The van der Waals surface area contributed by atoms with Gasteiger partial charge in [0.25, 0.3) is 23.6 Å². The zero-order valence-electron chi connectivity index (χ0n) is 39.9. The second-order valence-corrected chi connectivity index (χ2v) is 24.5. The summed E-state index contributed by atoms with van der Waals surface area (Å²) in [6, 6.07) is 38.7. The van der Waals surface area contributed by atoms with Crippen molar-refractivity contribution < 1.29 is 19.2 Å². The summed E-state index contributed by atoms with van der Waals surface area (Å²) in [5.41, 5.74) is 7.84. The van der Waals surface area contributed by atoms with Crippen molar-refractivity contribution in [1.82, 2.24) is 0 Å². The Labute approximate surface area is 426 Å². The van der Waals surface area contributed by atoms with Gasteiger partial charge in [-0.25, -0.2) is 9.80 Å². The average Bonchev–Trinajstić information content (AvgIpc) is 4.14. The van der Waals surface area contributed by atoms with E-state index in [1.807, 2.05) is 78.9 Å². The van der Waals surface area contributed by atoms with Gasteiger partial charge in [0.2, 0.25) is 0 Å². The van der Waals surface area contributed by atoms with E-state index in [-0.39, 0.29) is 47.3 Å². The van der Waals surface area contributed by atoms with Crippen LogP contribution < -0.4 is 9.80 Å². The van der Waals surface area contributed by atoms with Gasteiger partial charge in [0, 0.05) is 63.0 Å². The number of anilines is 2. The molecule has 0 saturated carbocycles. The molecule has 0 unspecified atom stereocenters. The molecule has 0 saturated heterocycles. The lowest BCUT2D eigenvalue weighted by Crippen LogP contribution is -2.42. The van der Waals surface area contributed by atoms with E-state index >= 15 is 19.2 Å². The molecule has 2 aliphatic heterocycles. The first-order chi connectivity index (χ1) is 33.6. The van der Waals surface area contributed by atoms with Gasteiger partial charge >= 0.3 is 0 Å². The topological polar surface area (TPSA) is 74.8 Å². The number of imide groups is 2. The Morgan fingerprint density at radius 1 is 0.357 bits per heavy atom. The molecule has 346 valence electrons. The van der Waals surface area contributed by atoms with Gasteiger partial charge < -0.3 is 0 Å². The lowest BCUT2D eigenvalue weighted by Gasteiger charge is -2.34. The van der Waals surface area contributed by atoms with Crippen LogP contribution in [0.1, 0.15) is 143 Å². The summed E-state index contributed by atoms with van der Waals surface area (Å²) in [6.45, 7) is 16.8. The van der Waals surface area contributed by atoms with Gasteiger partial charge in [-0.05, 0) is 155 Å². The van der Waals surface area contributed by atoms with Gasteiger partial charge in [-0.2, -0.15) is 0 Å². The number of carbonyl (C=O) groups excluding carboxylic acids is 4. The van der Waals surface area contributed by atoms with Crippen LogP contribution in [-0.2, 0) is 0 Å². The van der Waals surface area contributed by atoms with Crippen LogP contribution in [0.25, 0.3) is 73.0 Å². The first-order valence-electron chi connectivity index (χ1n) is 23.9. The van der Waals surface area contributed by atoms with Crippen LogP contribution in [0.2, 0.25) is 0 Å². The molecule has 5 heterocycles. The molecule has 0 aliphatic carbocycles. The molecular weight excluding hydrogens is 989 g/mol. The van der Waals surface area contributed by atoms with Gasteiger partial charge in [-0.1, -0.05) is 110 Å². The number of hydrogen-bond donors (Lipinski definition) is 0. The van der Waals surface area contributed by atoms with Crippen molar-refractivity contribution in [3.63, 3.8) is 0 Å². The van der Waals surface area contributed by atoms with Crippen molar-refractivity contribution in [2.45, 2.75) is 79.1 Å². The molecule has 0 fully saturated rings. The third kappa shape index (κ3) is 6.45. The minimum Gasteiger partial charge on any atom is -0.268 e. The fourth-order valence-electron chi connectivity index (χ4n) is 11.2. The van der Waals surface area contributed by atoms with E-state index in [0.717, 1.165) is 78.6 Å². The van der Waals surface area contributed by atoms with Gasteiger partial charge in [0.15, 0.2) is 0 Å². The van der Waals surface area contributed by atoms with Crippen LogP contribution in [0, 0.1) is 0 Å². The van der Waals surface area contributed by atoms with Crippen molar-refractivity contribution >= 4 is 128 Å². The molecule has 0 radical (unpaired) electrons. The highest BCUT2D eigenvalue weighted by Gasteiger charge is 2.41. The molecule has 10 aromatic rings. The normalized spacial score (nSPS) is 14.1. The standard InChI is InChI=1S/C60H47BrN2O4S3/c1-28(2)32-11-9-12-33(29(3)4)55(32)62-57(64)39-18-15-36-37-16-19-41-53-43(60(67)63(59(41)66)56-34(30(5)6)13-10-14-35(56)31(7)8)27-42(51(54(37)53)38-17-20-40(58(62)65)52(39)50(36)38)44-21-22-45(68-44)46-23-24-47(69-46)48-25-26-49(61)70-48/h9-31H,1-8H3. The van der Waals surface area contributed by atoms with Gasteiger partial charge in [0.05, 0.1) is 15.2 Å². The molecule has 4 amide bonds. The highest BCUT2D eigenvalue weighted by molar-refractivity contribution is 9.11. The van der Waals surface area contributed by atoms with Crippen molar-refractivity contribution in [3.05, 3.63) is 164 Å². The summed E-state index contributed by atoms with van der Waals surface area (Å²) < 4.78 is 1.08. The van der Waals surface area contributed by atoms with Crippen LogP contribution in [0.15, 0.2) is 119 Å². The van der Waals surface area contributed by atoms with E-state index in [4.69, 9.17) is 0 Å². The van der Waals surface area contributed by atoms with E-state index in [1.165, 1.54) is 19.6 Å². The maximum Gasteiger partial charge on any atom is 0.266 e. The molecule has 12 rings (SSSR count). The Hall–Kier alpha value is -6.30. The van der Waals surface area contributed by atoms with E-state index in [9.17, 15) is 0 Å². The van der Waals surface area contributed by atoms with E-state index in [2.05, 4.69) is 108 Å². The fraction of sp³-hybridized carbons (Fsp3) is 0.200. The van der Waals surface area contributed by atoms with Crippen molar-refractivity contribution in [1.29, 1.82) is 0 Å². The third-order valence-corrected chi connectivity index (χ3v) is 18.6. The van der Waals surface area contributed by atoms with E-state index < -0.39 is 0 Å². The lowest BCUT2D eigenvalue weighted by molar-refractivity contribution is 0.0877. The monoisotopic (exact) mass is 1030 g/mol. The summed E-state index contributed by atoms with van der Waals surface area (Å²) in [6.07, 6.45) is 0. The Kier molecular flexibility index (Phi) is 10.5. The van der Waals surface area contributed by atoms with Crippen LogP contribution >= 0.6 is 49.9 Å². The Balaban J connectivity index is 1.14. The Morgan fingerprint density at radius 3 is 1.17 bits per heavy atom. The first kappa shape index (κ1) is 44.9. The number of hydrogen-bond acceptors (Lipinski definition) is 7. The van der Waals surface area contributed by atoms with Gasteiger partial charge in [-0.3, -0.25) is 19.2 Å². The highest BCUT2D eigenvalue weighted by Crippen LogP contribution is 2.53. The summed E-state index contributed by atoms with van der Waals surface area (Å²) in [7, 11) is 0. The molecule has 3 aromatic heterocycles. The molecule has 10 heteroatoms. The van der Waals surface area contributed by atoms with Gasteiger partial charge in [-0.15, -0.1) is 34.0 Å². The largest absolute Gasteiger partial charge is 0.268 e. The molecular formula is C60H47BrN2O4S3. The maximum atomic E-state index is 15.6. The fourth-order valence-corrected chi connectivity index (χ4v) is 14.8. The van der Waals surface area contributed by atoms with E-state index in [0.29, 0.717) is 44.4 Å². The average molecular weight is 1040 g/mol. The molecule has 0 atom stereocenters. The minimum atomic E-state index is -0.353. The number of para-hydroxylation sites is 2. The number of thiophene rings is 3. The molecule has 0 spiro atoms. The molecule has 0 N–H and O–H groups in total. The minimum absolute atomic E-state index is 0.0527. The molecule has 7 aromatic carbocycles. The van der Waals surface area contributed by atoms with Crippen LogP contribution in [-0.4, -0.2) is 23.6 Å². The maximum absolute atomic E-state index is 15.6. The summed E-state index contributed by atoms with van der Waals surface area (Å²) in [5.74, 6) is -1.16. The Morgan fingerprint density at radius 2 is 0.729 bits per heavy atom. The van der Waals surface area contributed by atoms with E-state index in [1.54, 1.807) is 34.0 Å². The third-order valence-electron chi connectivity index (χ3n) is 14.4. The zero-order valence-corrected chi connectivity index (χ0v) is 43.9. The molecule has 6 nitrogen and oxygen atoms in total. The first-order valence-corrected chi connectivity index (χ1v) is 27.1. The molecule has 0 bridgehead atoms. The van der Waals surface area contributed by atoms with Crippen LogP contribution in [0.4, 0.5) is 11.4 Å². The number of nitrogens with zero attached hydrogens (tertiary/aromatic N) is 2. The number of amides is 4. The lowest BCUT2D eigenvalue weighted by atomic mass is 9.80. The number of rotatable bonds is 9. The zero-order chi connectivity index (χ0) is 48.8. The summed E-state index contributed by atoms with van der Waals surface area (Å²) in [5, 5.41) is 6.33. The number of fused-ring (bicyclic) bond motifs is 2. The molecule has 70 heavy (non-hydrogen) atoms. The SMILES string of the molecule is CC(C)c1cccc(C(C)C)c1N1C(=O)c2ccc3c4ccc5c6c(cc(-c7ccc(-c8ccc(-c9ccc(Br)s9)s8)s7)c(c7ccc(c2c37)C1=O)c64)C(=O)N(c1c(C(C)C)cccc1C(C)C)C5=O. The predicted molar refractivity (Wildman–Crippen MR) is 297 cm³/mol. The van der Waals surface area contributed by atoms with Crippen LogP contribution in [0.3, 0.4) is 0 Å². The van der Waals surface area contributed by atoms with Crippen molar-refractivity contribution in [2.75, 3.05) is 9.80 Å². The number of carbonyl (C=O) groups is 4. The van der Waals surface area contributed by atoms with Crippen molar-refractivity contribution in [3.8, 4) is 29.9 Å².